The van der Waals surface area contributed by atoms with Crippen molar-refractivity contribution in [2.45, 2.75) is 0 Å². The van der Waals surface area contributed by atoms with Crippen LogP contribution in [0.15, 0.2) is 64.2 Å². The molecule has 6 heteroatoms. The standard InChI is InChI=1S/C17H12FNO2S2/c1-2-9-22-17-19-14(16(20)23-17)10-13-7-8-15(21-13)11-3-5-12(18)6-4-11/h2-8,10H,1,9H2. The molecule has 0 amide bonds. The summed E-state index contributed by atoms with van der Waals surface area (Å²) in [6.07, 6.45) is 3.38. The normalized spacial score (nSPS) is 16.0. The Bertz CT molecular complexity index is 806. The molecule has 0 fully saturated rings. The average molecular weight is 345 g/mol. The third-order valence-electron chi connectivity index (χ3n) is 2.96. The first kappa shape index (κ1) is 15.8. The van der Waals surface area contributed by atoms with E-state index >= 15 is 0 Å². The Morgan fingerprint density at radius 1 is 1.26 bits per heavy atom. The van der Waals surface area contributed by atoms with Crippen LogP contribution in [-0.4, -0.2) is 15.2 Å². The lowest BCUT2D eigenvalue weighted by molar-refractivity contribution is -0.107. The molecule has 2 aromatic rings. The third kappa shape index (κ3) is 3.83. The first-order valence-corrected chi connectivity index (χ1v) is 8.58. The maximum atomic E-state index is 12.9. The second kappa shape index (κ2) is 7.02. The van der Waals surface area contributed by atoms with E-state index in [1.807, 2.05) is 0 Å². The van der Waals surface area contributed by atoms with E-state index in [2.05, 4.69) is 11.6 Å². The molecular weight excluding hydrogens is 333 g/mol. The lowest BCUT2D eigenvalue weighted by Gasteiger charge is -1.96. The van der Waals surface area contributed by atoms with E-state index in [1.54, 1.807) is 36.4 Å². The van der Waals surface area contributed by atoms with Crippen molar-refractivity contribution in [3.8, 4) is 11.3 Å². The number of carbonyl (C=O) groups excluding carboxylic acids is 1. The number of benzene rings is 1. The number of nitrogens with zero attached hydrogens (tertiary/aromatic N) is 1. The Kier molecular flexibility index (Phi) is 4.83. The number of hydrogen-bond acceptors (Lipinski definition) is 5. The van der Waals surface area contributed by atoms with Crippen LogP contribution in [0.5, 0.6) is 0 Å². The van der Waals surface area contributed by atoms with Crippen LogP contribution in [0, 0.1) is 5.82 Å². The fourth-order valence-corrected chi connectivity index (χ4v) is 3.52. The Morgan fingerprint density at radius 2 is 2.04 bits per heavy atom. The van der Waals surface area contributed by atoms with Gasteiger partial charge >= 0.3 is 0 Å². The molecule has 0 aliphatic carbocycles. The molecular formula is C17H12FNO2S2. The van der Waals surface area contributed by atoms with Gasteiger partial charge in [-0.05, 0) is 48.2 Å². The number of halogens is 1. The molecule has 1 aliphatic heterocycles. The zero-order valence-corrected chi connectivity index (χ0v) is 13.6. The van der Waals surface area contributed by atoms with Gasteiger partial charge in [-0.15, -0.1) is 6.58 Å². The molecule has 0 spiro atoms. The highest BCUT2D eigenvalue weighted by Gasteiger charge is 2.22. The van der Waals surface area contributed by atoms with Gasteiger partial charge in [-0.3, -0.25) is 4.79 Å². The Morgan fingerprint density at radius 3 is 2.78 bits per heavy atom. The van der Waals surface area contributed by atoms with Crippen molar-refractivity contribution in [2.75, 3.05) is 5.75 Å². The summed E-state index contributed by atoms with van der Waals surface area (Å²) in [5.74, 6) is 1.56. The highest BCUT2D eigenvalue weighted by atomic mass is 32.2. The number of aliphatic imine (C=N–C) groups is 1. The number of thioether (sulfide) groups is 2. The second-order valence-corrected chi connectivity index (χ2v) is 6.83. The van der Waals surface area contributed by atoms with Gasteiger partial charge in [-0.1, -0.05) is 17.8 Å². The van der Waals surface area contributed by atoms with E-state index in [0.717, 1.165) is 17.3 Å². The van der Waals surface area contributed by atoms with Crippen LogP contribution < -0.4 is 0 Å². The Labute approximate surface area is 141 Å². The van der Waals surface area contributed by atoms with E-state index < -0.39 is 0 Å². The van der Waals surface area contributed by atoms with Gasteiger partial charge in [-0.25, -0.2) is 9.38 Å². The van der Waals surface area contributed by atoms with Crippen LogP contribution >= 0.6 is 23.5 Å². The van der Waals surface area contributed by atoms with Crippen LogP contribution in [0.4, 0.5) is 4.39 Å². The average Bonchev–Trinajstić information content (AvgIpc) is 3.14. The maximum Gasteiger partial charge on any atom is 0.244 e. The summed E-state index contributed by atoms with van der Waals surface area (Å²) in [6, 6.07) is 9.58. The topological polar surface area (TPSA) is 42.6 Å². The lowest BCUT2D eigenvalue weighted by Crippen LogP contribution is -1.87. The molecule has 3 nitrogen and oxygen atoms in total. The van der Waals surface area contributed by atoms with Crippen molar-refractivity contribution in [3.63, 3.8) is 0 Å². The minimum absolute atomic E-state index is 0.101. The van der Waals surface area contributed by atoms with E-state index in [9.17, 15) is 9.18 Å². The first-order chi connectivity index (χ1) is 11.2. The van der Waals surface area contributed by atoms with E-state index in [4.69, 9.17) is 4.42 Å². The molecule has 116 valence electrons. The maximum absolute atomic E-state index is 12.9. The third-order valence-corrected chi connectivity index (χ3v) is 4.96. The van der Waals surface area contributed by atoms with Gasteiger partial charge < -0.3 is 4.42 Å². The molecule has 1 aliphatic rings. The van der Waals surface area contributed by atoms with Gasteiger partial charge in [0.05, 0.1) is 0 Å². The minimum atomic E-state index is -0.296. The number of carbonyl (C=O) groups is 1. The SMILES string of the molecule is C=CCSC1=NC(=Cc2ccc(-c3ccc(F)cc3)o2)C(=O)S1. The van der Waals surface area contributed by atoms with Crippen LogP contribution in [0.2, 0.25) is 0 Å². The zero-order chi connectivity index (χ0) is 16.2. The summed E-state index contributed by atoms with van der Waals surface area (Å²) in [5.41, 5.74) is 1.13. The quantitative estimate of drug-likeness (QED) is 0.579. The number of hydrogen-bond donors (Lipinski definition) is 0. The Hall–Kier alpha value is -2.05. The number of rotatable bonds is 4. The molecule has 0 radical (unpaired) electrons. The van der Waals surface area contributed by atoms with Gasteiger partial charge in [0.2, 0.25) is 5.12 Å². The fourth-order valence-electron chi connectivity index (χ4n) is 1.92. The molecule has 0 unspecified atom stereocenters. The molecule has 0 saturated carbocycles. The fraction of sp³-hybridized carbons (Fsp3) is 0.0588. The highest BCUT2D eigenvalue weighted by Crippen LogP contribution is 2.32. The second-order valence-electron chi connectivity index (χ2n) is 4.61. The minimum Gasteiger partial charge on any atom is -0.457 e. The van der Waals surface area contributed by atoms with E-state index in [0.29, 0.717) is 27.3 Å². The van der Waals surface area contributed by atoms with E-state index in [-0.39, 0.29) is 10.9 Å². The molecule has 0 saturated heterocycles. The monoisotopic (exact) mass is 345 g/mol. The molecule has 2 heterocycles. The molecule has 1 aromatic heterocycles. The molecule has 3 rings (SSSR count). The van der Waals surface area contributed by atoms with Crippen LogP contribution in [0.3, 0.4) is 0 Å². The van der Waals surface area contributed by atoms with Gasteiger partial charge in [0.15, 0.2) is 0 Å². The van der Waals surface area contributed by atoms with Crippen molar-refractivity contribution < 1.29 is 13.6 Å². The van der Waals surface area contributed by atoms with Crippen LogP contribution in [0.25, 0.3) is 17.4 Å². The summed E-state index contributed by atoms with van der Waals surface area (Å²) in [4.78, 5) is 16.2. The van der Waals surface area contributed by atoms with Gasteiger partial charge in [0, 0.05) is 17.4 Å². The van der Waals surface area contributed by atoms with E-state index in [1.165, 1.54) is 23.9 Å². The molecule has 0 atom stereocenters. The van der Waals surface area contributed by atoms with Gasteiger partial charge in [-0.2, -0.15) is 0 Å². The number of furan rings is 1. The lowest BCUT2D eigenvalue weighted by atomic mass is 10.2. The summed E-state index contributed by atoms with van der Waals surface area (Å²) < 4.78 is 19.3. The van der Waals surface area contributed by atoms with Crippen molar-refractivity contribution in [1.82, 2.24) is 0 Å². The van der Waals surface area contributed by atoms with Crippen molar-refractivity contribution >= 4 is 39.1 Å². The van der Waals surface area contributed by atoms with Crippen LogP contribution in [-0.2, 0) is 4.79 Å². The van der Waals surface area contributed by atoms with Gasteiger partial charge in [0.25, 0.3) is 0 Å². The highest BCUT2D eigenvalue weighted by molar-refractivity contribution is 8.45. The predicted octanol–water partition coefficient (Wildman–Crippen LogP) is 4.98. The smallest absolute Gasteiger partial charge is 0.244 e. The Balaban J connectivity index is 1.80. The summed E-state index contributed by atoms with van der Waals surface area (Å²) >= 11 is 2.58. The first-order valence-electron chi connectivity index (χ1n) is 6.78. The van der Waals surface area contributed by atoms with Crippen molar-refractivity contribution in [2.24, 2.45) is 4.99 Å². The molecule has 0 N–H and O–H groups in total. The van der Waals surface area contributed by atoms with Crippen molar-refractivity contribution in [1.29, 1.82) is 0 Å². The largest absolute Gasteiger partial charge is 0.457 e. The van der Waals surface area contributed by atoms with Crippen molar-refractivity contribution in [3.05, 3.63) is 66.3 Å². The predicted molar refractivity (Wildman–Crippen MR) is 94.8 cm³/mol. The molecule has 0 bridgehead atoms. The van der Waals surface area contributed by atoms with Gasteiger partial charge in [0.1, 0.15) is 27.4 Å². The zero-order valence-electron chi connectivity index (χ0n) is 12.0. The summed E-state index contributed by atoms with van der Waals surface area (Å²) in [7, 11) is 0. The summed E-state index contributed by atoms with van der Waals surface area (Å²) in [6.45, 7) is 3.64. The van der Waals surface area contributed by atoms with Crippen LogP contribution in [0.1, 0.15) is 5.76 Å². The molecule has 23 heavy (non-hydrogen) atoms. The summed E-state index contributed by atoms with van der Waals surface area (Å²) in [5, 5.41) is -0.101. The molecule has 1 aromatic carbocycles.